The van der Waals surface area contributed by atoms with E-state index in [0.29, 0.717) is 0 Å². The molecule has 0 aliphatic carbocycles. The molecular formula is C19H36O4. The molecule has 0 bridgehead atoms. The normalized spacial score (nSPS) is 13.0. The Bertz CT molecular complexity index is 326. The summed E-state index contributed by atoms with van der Waals surface area (Å²) < 4.78 is 0. The topological polar surface area (TPSA) is 74.6 Å². The van der Waals surface area contributed by atoms with Gasteiger partial charge < -0.3 is 10.2 Å². The molecule has 4 heteroatoms. The molecule has 0 rings (SSSR count). The third kappa shape index (κ3) is 9.62. The first-order valence-electron chi connectivity index (χ1n) is 9.32. The average Bonchev–Trinajstić information content (AvgIpc) is 2.48. The van der Waals surface area contributed by atoms with E-state index in [1.165, 1.54) is 12.8 Å². The van der Waals surface area contributed by atoms with Crippen molar-refractivity contribution in [2.45, 2.75) is 97.8 Å². The van der Waals surface area contributed by atoms with E-state index in [9.17, 15) is 14.7 Å². The van der Waals surface area contributed by atoms with Crippen molar-refractivity contribution >= 4 is 11.9 Å². The van der Waals surface area contributed by atoms with Gasteiger partial charge in [-0.05, 0) is 24.7 Å². The predicted octanol–water partition coefficient (Wildman–Crippen LogP) is 5.50. The van der Waals surface area contributed by atoms with Gasteiger partial charge in [-0.1, -0.05) is 72.1 Å². The molecule has 0 saturated heterocycles. The highest BCUT2D eigenvalue weighted by Gasteiger charge is 2.38. The van der Waals surface area contributed by atoms with Crippen molar-refractivity contribution in [3.63, 3.8) is 0 Å². The molecule has 0 spiro atoms. The van der Waals surface area contributed by atoms with Gasteiger partial charge in [-0.25, -0.2) is 0 Å². The predicted molar refractivity (Wildman–Crippen MR) is 93.6 cm³/mol. The first-order valence-corrected chi connectivity index (χ1v) is 9.32. The molecule has 136 valence electrons. The Hall–Kier alpha value is -1.06. The van der Waals surface area contributed by atoms with Gasteiger partial charge in [0.05, 0.1) is 5.92 Å². The number of hydrogen-bond acceptors (Lipinski definition) is 2. The SMILES string of the molecule is CCCCCCC(C)(CCCCCC)C(CCC(=O)O)C(=O)O. The molecule has 0 aliphatic heterocycles. The van der Waals surface area contributed by atoms with Crippen LogP contribution in [0.1, 0.15) is 97.8 Å². The molecule has 0 aromatic heterocycles. The van der Waals surface area contributed by atoms with Gasteiger partial charge in [0.2, 0.25) is 0 Å². The van der Waals surface area contributed by atoms with Crippen LogP contribution < -0.4 is 0 Å². The fraction of sp³-hybridized carbons (Fsp3) is 0.895. The number of rotatable bonds is 15. The zero-order valence-electron chi connectivity index (χ0n) is 15.3. The monoisotopic (exact) mass is 328 g/mol. The van der Waals surface area contributed by atoms with E-state index >= 15 is 0 Å². The summed E-state index contributed by atoms with van der Waals surface area (Å²) >= 11 is 0. The molecule has 4 nitrogen and oxygen atoms in total. The Labute approximate surface area is 141 Å². The molecule has 0 saturated carbocycles. The molecule has 0 amide bonds. The maximum Gasteiger partial charge on any atom is 0.307 e. The molecule has 0 fully saturated rings. The highest BCUT2D eigenvalue weighted by Crippen LogP contribution is 2.41. The molecule has 1 unspecified atom stereocenters. The summed E-state index contributed by atoms with van der Waals surface area (Å²) in [6.07, 6.45) is 11.0. The van der Waals surface area contributed by atoms with Crippen molar-refractivity contribution in [3.8, 4) is 0 Å². The molecule has 1 atom stereocenters. The van der Waals surface area contributed by atoms with Crippen molar-refractivity contribution < 1.29 is 19.8 Å². The van der Waals surface area contributed by atoms with Crippen molar-refractivity contribution in [1.82, 2.24) is 0 Å². The molecule has 0 aromatic carbocycles. The zero-order chi connectivity index (χ0) is 17.7. The number of carboxylic acids is 2. The van der Waals surface area contributed by atoms with E-state index in [4.69, 9.17) is 5.11 Å². The van der Waals surface area contributed by atoms with Crippen LogP contribution >= 0.6 is 0 Å². The molecule has 23 heavy (non-hydrogen) atoms. The summed E-state index contributed by atoms with van der Waals surface area (Å²) in [5.41, 5.74) is -0.289. The quantitative estimate of drug-likeness (QED) is 0.389. The van der Waals surface area contributed by atoms with Crippen molar-refractivity contribution in [2.24, 2.45) is 11.3 Å². The smallest absolute Gasteiger partial charge is 0.307 e. The van der Waals surface area contributed by atoms with Gasteiger partial charge in [-0.2, -0.15) is 0 Å². The second-order valence-electron chi connectivity index (χ2n) is 7.10. The van der Waals surface area contributed by atoms with E-state index in [1.807, 2.05) is 0 Å². The van der Waals surface area contributed by atoms with Gasteiger partial charge in [0, 0.05) is 6.42 Å². The highest BCUT2D eigenvalue weighted by molar-refractivity contribution is 5.73. The first-order chi connectivity index (χ1) is 10.9. The minimum Gasteiger partial charge on any atom is -0.481 e. The van der Waals surface area contributed by atoms with Gasteiger partial charge in [-0.3, -0.25) is 9.59 Å². The lowest BCUT2D eigenvalue weighted by molar-refractivity contribution is -0.148. The van der Waals surface area contributed by atoms with Gasteiger partial charge in [0.25, 0.3) is 0 Å². The Morgan fingerprint density at radius 2 is 1.35 bits per heavy atom. The summed E-state index contributed by atoms with van der Waals surface area (Å²) in [7, 11) is 0. The first kappa shape index (κ1) is 21.9. The maximum absolute atomic E-state index is 11.7. The summed E-state index contributed by atoms with van der Waals surface area (Å²) in [5.74, 6) is -2.29. The molecule has 0 aromatic rings. The van der Waals surface area contributed by atoms with Crippen LogP contribution in [0.15, 0.2) is 0 Å². The molecule has 0 radical (unpaired) electrons. The second kappa shape index (κ2) is 12.4. The van der Waals surface area contributed by atoms with Crippen LogP contribution in [0.3, 0.4) is 0 Å². The fourth-order valence-corrected chi connectivity index (χ4v) is 3.42. The van der Waals surface area contributed by atoms with Crippen LogP contribution in [-0.4, -0.2) is 22.2 Å². The average molecular weight is 328 g/mol. The molecule has 0 aliphatic rings. The van der Waals surface area contributed by atoms with Crippen molar-refractivity contribution in [3.05, 3.63) is 0 Å². The third-order valence-electron chi connectivity index (χ3n) is 4.99. The number of aliphatic carboxylic acids is 2. The lowest BCUT2D eigenvalue weighted by Gasteiger charge is -2.36. The van der Waals surface area contributed by atoms with Crippen molar-refractivity contribution in [1.29, 1.82) is 0 Å². The van der Waals surface area contributed by atoms with Crippen molar-refractivity contribution in [2.75, 3.05) is 0 Å². The third-order valence-corrected chi connectivity index (χ3v) is 4.99. The second-order valence-corrected chi connectivity index (χ2v) is 7.10. The molecular weight excluding hydrogens is 292 g/mol. The fourth-order valence-electron chi connectivity index (χ4n) is 3.42. The van der Waals surface area contributed by atoms with E-state index in [2.05, 4.69) is 20.8 Å². The Morgan fingerprint density at radius 1 is 0.870 bits per heavy atom. The summed E-state index contributed by atoms with van der Waals surface area (Å²) in [5, 5.41) is 18.5. The highest BCUT2D eigenvalue weighted by atomic mass is 16.4. The van der Waals surface area contributed by atoms with E-state index < -0.39 is 17.9 Å². The number of carboxylic acid groups (broad SMARTS) is 2. The van der Waals surface area contributed by atoms with E-state index in [1.54, 1.807) is 0 Å². The Morgan fingerprint density at radius 3 is 1.70 bits per heavy atom. The van der Waals surface area contributed by atoms with Crippen LogP contribution in [0.25, 0.3) is 0 Å². The van der Waals surface area contributed by atoms with Crippen LogP contribution in [0.4, 0.5) is 0 Å². The minimum absolute atomic E-state index is 0.0591. The van der Waals surface area contributed by atoms with Gasteiger partial charge in [0.1, 0.15) is 0 Å². The molecule has 2 N–H and O–H groups in total. The van der Waals surface area contributed by atoms with E-state index in [0.717, 1.165) is 51.4 Å². The van der Waals surface area contributed by atoms with Crippen LogP contribution in [-0.2, 0) is 9.59 Å². The van der Waals surface area contributed by atoms with E-state index in [-0.39, 0.29) is 18.3 Å². The van der Waals surface area contributed by atoms with Crippen LogP contribution in [0, 0.1) is 11.3 Å². The van der Waals surface area contributed by atoms with Gasteiger partial charge in [0.15, 0.2) is 0 Å². The standard InChI is InChI=1S/C19H36O4/c1-4-6-8-10-14-19(3,15-11-9-7-5-2)16(18(22)23)12-13-17(20)21/h16H,4-15H2,1-3H3,(H,20,21)(H,22,23). The summed E-state index contributed by atoms with van der Waals surface area (Å²) in [4.78, 5) is 22.6. The van der Waals surface area contributed by atoms with Gasteiger partial charge in [-0.15, -0.1) is 0 Å². The summed E-state index contributed by atoms with van der Waals surface area (Å²) in [6, 6.07) is 0. The zero-order valence-corrected chi connectivity index (χ0v) is 15.3. The van der Waals surface area contributed by atoms with Crippen LogP contribution in [0.2, 0.25) is 0 Å². The minimum atomic E-state index is -0.907. The Kier molecular flexibility index (Phi) is 11.8. The summed E-state index contributed by atoms with van der Waals surface area (Å²) in [6.45, 7) is 6.39. The lowest BCUT2D eigenvalue weighted by atomic mass is 9.68. The number of unbranched alkanes of at least 4 members (excludes halogenated alkanes) is 6. The number of carbonyl (C=O) groups is 2. The maximum atomic E-state index is 11.7. The lowest BCUT2D eigenvalue weighted by Crippen LogP contribution is -2.34. The number of hydrogen-bond donors (Lipinski definition) is 2. The van der Waals surface area contributed by atoms with Gasteiger partial charge >= 0.3 is 11.9 Å². The van der Waals surface area contributed by atoms with Crippen LogP contribution in [0.5, 0.6) is 0 Å². The largest absolute Gasteiger partial charge is 0.481 e. The Balaban J connectivity index is 4.84. The molecule has 0 heterocycles.